The maximum absolute atomic E-state index is 13.1. The van der Waals surface area contributed by atoms with Crippen molar-refractivity contribution in [3.63, 3.8) is 0 Å². The number of hydrogen-bond acceptors (Lipinski definition) is 8. The highest BCUT2D eigenvalue weighted by Gasteiger charge is 2.31. The number of esters is 1. The summed E-state index contributed by atoms with van der Waals surface area (Å²) >= 11 is 0. The number of amides is 2. The number of fused-ring (bicyclic) bond motifs is 2. The molecule has 10 heteroatoms. The van der Waals surface area contributed by atoms with Crippen LogP contribution in [0.4, 0.5) is 5.69 Å². The first-order valence-corrected chi connectivity index (χ1v) is 16.2. The van der Waals surface area contributed by atoms with Crippen molar-refractivity contribution in [2.45, 2.75) is 103 Å². The highest BCUT2D eigenvalue weighted by Crippen LogP contribution is 2.34. The van der Waals surface area contributed by atoms with E-state index in [0.29, 0.717) is 30.4 Å². The van der Waals surface area contributed by atoms with Crippen molar-refractivity contribution in [3.8, 4) is 11.5 Å². The molecule has 1 heterocycles. The molecule has 2 amide bonds. The molecule has 2 aliphatic rings. The van der Waals surface area contributed by atoms with Gasteiger partial charge in [0.2, 0.25) is 11.8 Å². The van der Waals surface area contributed by atoms with E-state index in [-0.39, 0.29) is 35.4 Å². The third kappa shape index (κ3) is 11.2. The number of carbonyl (C=O) groups is 3. The van der Waals surface area contributed by atoms with Gasteiger partial charge >= 0.3 is 5.97 Å². The molecule has 1 saturated carbocycles. The zero-order valence-electron chi connectivity index (χ0n) is 27.4. The van der Waals surface area contributed by atoms with Crippen LogP contribution in [0.1, 0.15) is 77.7 Å². The fourth-order valence-electron chi connectivity index (χ4n) is 5.76. The summed E-state index contributed by atoms with van der Waals surface area (Å²) in [5.74, 6) is -1.90. The predicted octanol–water partition coefficient (Wildman–Crippen LogP) is 5.39. The number of benzene rings is 1. The van der Waals surface area contributed by atoms with E-state index in [1.165, 1.54) is 19.2 Å². The summed E-state index contributed by atoms with van der Waals surface area (Å²) in [7, 11) is 1.49. The molecule has 1 aliphatic carbocycles. The summed E-state index contributed by atoms with van der Waals surface area (Å²) in [6.07, 6.45) is 16.2. The number of aliphatic hydroxyl groups excluding tert-OH is 1. The zero-order valence-corrected chi connectivity index (χ0v) is 27.4. The van der Waals surface area contributed by atoms with E-state index in [9.17, 15) is 29.7 Å². The Labute approximate surface area is 272 Å². The van der Waals surface area contributed by atoms with Crippen LogP contribution >= 0.6 is 0 Å². The Balaban J connectivity index is 1.82. The van der Waals surface area contributed by atoms with Crippen LogP contribution in [-0.2, 0) is 30.3 Å². The Morgan fingerprint density at radius 1 is 1.07 bits per heavy atom. The lowest BCUT2D eigenvalue weighted by molar-refractivity contribution is -0.156. The number of aryl methyl sites for hydroxylation is 1. The van der Waals surface area contributed by atoms with E-state index in [0.717, 1.165) is 32.1 Å². The number of aromatic hydroxyl groups is 2. The van der Waals surface area contributed by atoms with Gasteiger partial charge in [0.1, 0.15) is 23.6 Å². The highest BCUT2D eigenvalue weighted by atomic mass is 16.5. The number of hydrogen-bond donors (Lipinski definition) is 5. The Bertz CT molecular complexity index is 1310. The van der Waals surface area contributed by atoms with Gasteiger partial charge < -0.3 is 35.4 Å². The van der Waals surface area contributed by atoms with Crippen LogP contribution in [0.2, 0.25) is 0 Å². The fourth-order valence-corrected chi connectivity index (χ4v) is 5.76. The molecule has 1 aliphatic heterocycles. The molecule has 10 nitrogen and oxygen atoms in total. The highest BCUT2D eigenvalue weighted by molar-refractivity contribution is 5.93. The van der Waals surface area contributed by atoms with Crippen molar-refractivity contribution < 1.29 is 39.2 Å². The van der Waals surface area contributed by atoms with Crippen molar-refractivity contribution in [1.82, 2.24) is 5.32 Å². The van der Waals surface area contributed by atoms with Crippen LogP contribution in [-0.4, -0.2) is 64.6 Å². The number of aliphatic hydroxyl groups is 1. The van der Waals surface area contributed by atoms with Crippen molar-refractivity contribution in [2.24, 2.45) is 11.8 Å². The summed E-state index contributed by atoms with van der Waals surface area (Å²) in [6, 6.07) is 1.89. The number of ether oxygens (including phenoxy) is 2. The van der Waals surface area contributed by atoms with Gasteiger partial charge in [-0.1, -0.05) is 68.7 Å². The molecule has 1 fully saturated rings. The Kier molecular flexibility index (Phi) is 14.6. The standard InChI is InChI=1S/C36H50N2O8/c1-23-14-13-17-27-20-28(39)21-30(34(27)42)38-32(40)22-29(45-4)18-11-6-5-7-12-19-31(24(2)33(23)41)46-36(44)25(3)37-35(43)26-15-9-8-10-16-26/h5-7,11-12,14,18,20-21,24-26,29,31,33,39,41-42H,8-10,13,15-17,19,22H2,1-4H3,(H,37,43)(H,38,40)/b6-5+,12-7+,18-11+,23-14-/t24-,25+,29-,31?,33-/m0/s1. The normalized spacial score (nSPS) is 27.8. The largest absolute Gasteiger partial charge is 0.508 e. The quantitative estimate of drug-likeness (QED) is 0.125. The van der Waals surface area contributed by atoms with Gasteiger partial charge in [0.15, 0.2) is 0 Å². The summed E-state index contributed by atoms with van der Waals surface area (Å²) in [5.41, 5.74) is 1.19. The smallest absolute Gasteiger partial charge is 0.328 e. The molecule has 0 saturated heterocycles. The van der Waals surface area contributed by atoms with E-state index in [1.54, 1.807) is 44.2 Å². The van der Waals surface area contributed by atoms with Gasteiger partial charge in [-0.15, -0.1) is 0 Å². The first-order chi connectivity index (χ1) is 22.0. The number of allylic oxidation sites excluding steroid dienone is 5. The number of phenolic OH excluding ortho intramolecular Hbond substituents is 2. The van der Waals surface area contributed by atoms with Gasteiger partial charge in [-0.25, -0.2) is 4.79 Å². The third-order valence-corrected chi connectivity index (χ3v) is 8.69. The average Bonchev–Trinajstić information content (AvgIpc) is 3.04. The number of rotatable bonds is 5. The number of anilines is 1. The molecule has 1 unspecified atom stereocenters. The Morgan fingerprint density at radius 3 is 2.50 bits per heavy atom. The average molecular weight is 639 g/mol. The lowest BCUT2D eigenvalue weighted by atomic mass is 9.88. The second-order valence-corrected chi connectivity index (χ2v) is 12.3. The molecular weight excluding hydrogens is 588 g/mol. The number of nitrogens with one attached hydrogen (secondary N) is 2. The SMILES string of the molecule is CO[C@H]1/C=C/C=C/C=C/CC(OC(=O)[C@@H](C)NC(=O)C2CCCCC2)[C@H](C)[C@@H](O)/C(C)=C\CCc2cc(O)cc(c2O)NC(=O)C1. The van der Waals surface area contributed by atoms with E-state index in [1.807, 2.05) is 19.1 Å². The van der Waals surface area contributed by atoms with Crippen molar-refractivity contribution in [1.29, 1.82) is 0 Å². The van der Waals surface area contributed by atoms with Crippen LogP contribution in [0.5, 0.6) is 11.5 Å². The molecule has 252 valence electrons. The summed E-state index contributed by atoms with van der Waals surface area (Å²) in [6.45, 7) is 5.22. The maximum atomic E-state index is 13.1. The van der Waals surface area contributed by atoms with Gasteiger partial charge in [0, 0.05) is 31.4 Å². The summed E-state index contributed by atoms with van der Waals surface area (Å²) in [5, 5.41) is 37.8. The van der Waals surface area contributed by atoms with Crippen LogP contribution in [0.3, 0.4) is 0 Å². The van der Waals surface area contributed by atoms with Gasteiger partial charge in [-0.05, 0) is 56.7 Å². The summed E-state index contributed by atoms with van der Waals surface area (Å²) in [4.78, 5) is 38.6. The minimum absolute atomic E-state index is 0.00853. The monoisotopic (exact) mass is 638 g/mol. The van der Waals surface area contributed by atoms with Crippen molar-refractivity contribution >= 4 is 23.5 Å². The Hall–Kier alpha value is -3.89. The van der Waals surface area contributed by atoms with Crippen molar-refractivity contribution in [2.75, 3.05) is 12.4 Å². The first kappa shape index (κ1) is 36.6. The van der Waals surface area contributed by atoms with Crippen molar-refractivity contribution in [3.05, 3.63) is 65.8 Å². The predicted molar refractivity (Wildman–Crippen MR) is 177 cm³/mol. The van der Waals surface area contributed by atoms with E-state index in [4.69, 9.17) is 9.47 Å². The maximum Gasteiger partial charge on any atom is 0.328 e. The molecule has 0 radical (unpaired) electrons. The second kappa shape index (κ2) is 18.3. The molecule has 2 bridgehead atoms. The number of carbonyl (C=O) groups excluding carboxylic acids is 3. The van der Waals surface area contributed by atoms with E-state index in [2.05, 4.69) is 10.6 Å². The molecule has 1 aromatic carbocycles. The van der Waals surface area contributed by atoms with Crippen LogP contribution in [0, 0.1) is 11.8 Å². The molecule has 0 spiro atoms. The van der Waals surface area contributed by atoms with Crippen LogP contribution in [0.15, 0.2) is 60.2 Å². The first-order valence-electron chi connectivity index (χ1n) is 16.2. The molecular formula is C36H50N2O8. The molecule has 0 aromatic heterocycles. The van der Waals surface area contributed by atoms with Crippen LogP contribution < -0.4 is 10.6 Å². The second-order valence-electron chi connectivity index (χ2n) is 12.3. The molecule has 1 aromatic rings. The molecule has 5 N–H and O–H groups in total. The molecule has 5 atom stereocenters. The summed E-state index contributed by atoms with van der Waals surface area (Å²) < 4.78 is 11.3. The number of phenols is 2. The molecule has 46 heavy (non-hydrogen) atoms. The van der Waals surface area contributed by atoms with Gasteiger partial charge in [0.25, 0.3) is 0 Å². The van der Waals surface area contributed by atoms with Crippen LogP contribution in [0.25, 0.3) is 0 Å². The van der Waals surface area contributed by atoms with E-state index < -0.39 is 42.1 Å². The minimum atomic E-state index is -0.940. The third-order valence-electron chi connectivity index (χ3n) is 8.69. The number of methoxy groups -OCH3 is 1. The topological polar surface area (TPSA) is 154 Å². The fraction of sp³-hybridized carbons (Fsp3) is 0.528. The van der Waals surface area contributed by atoms with Gasteiger partial charge in [0.05, 0.1) is 24.3 Å². The Morgan fingerprint density at radius 2 is 1.78 bits per heavy atom. The van der Waals surface area contributed by atoms with Gasteiger partial charge in [-0.2, -0.15) is 0 Å². The minimum Gasteiger partial charge on any atom is -0.508 e. The van der Waals surface area contributed by atoms with Gasteiger partial charge in [-0.3, -0.25) is 9.59 Å². The van der Waals surface area contributed by atoms with E-state index >= 15 is 0 Å². The molecule has 3 rings (SSSR count). The lowest BCUT2D eigenvalue weighted by Crippen LogP contribution is -2.45. The zero-order chi connectivity index (χ0) is 33.6. The lowest BCUT2D eigenvalue weighted by Gasteiger charge is -2.29.